The van der Waals surface area contributed by atoms with Crippen molar-refractivity contribution >= 4 is 33.0 Å². The highest BCUT2D eigenvalue weighted by Gasteiger charge is 2.48. The first-order valence-electron chi connectivity index (χ1n) is 13.4. The fourth-order valence-corrected chi connectivity index (χ4v) is 6.12. The summed E-state index contributed by atoms with van der Waals surface area (Å²) in [6, 6.07) is 23.8. The normalized spacial score (nSPS) is 16.2. The van der Waals surface area contributed by atoms with Gasteiger partial charge in [0.1, 0.15) is 16.9 Å². The minimum Gasteiger partial charge on any atom is -0.453 e. The standard InChI is InChI=1S/C34H33N3O/c1-32(2,3)20-17-18-35-25(19-20)23-12-10-11-21-22-15-16-27-28(30(22)38-29(21)23)36-31-34(6,7)33(4,5)24-13-8-9-14-26(24)37(27)31/h8-19H,1-7H3. The molecule has 1 aliphatic rings. The van der Waals surface area contributed by atoms with E-state index < -0.39 is 0 Å². The molecule has 3 aromatic carbocycles. The summed E-state index contributed by atoms with van der Waals surface area (Å²) >= 11 is 0. The molecule has 6 aromatic rings. The Hall–Kier alpha value is -3.92. The number of nitrogens with zero attached hydrogens (tertiary/aromatic N) is 3. The maximum atomic E-state index is 6.75. The van der Waals surface area contributed by atoms with E-state index in [-0.39, 0.29) is 16.2 Å². The number of fused-ring (bicyclic) bond motifs is 9. The van der Waals surface area contributed by atoms with Crippen LogP contribution in [0.5, 0.6) is 0 Å². The molecular formula is C34H33N3O. The SMILES string of the molecule is CC(C)(C)c1ccnc(-c2cccc3c2oc2c3ccc3c2nc2n3-c3ccccc3C(C)(C)C2(C)C)c1. The molecule has 4 nitrogen and oxygen atoms in total. The predicted molar refractivity (Wildman–Crippen MR) is 156 cm³/mol. The third-order valence-electron chi connectivity index (χ3n) is 9.13. The zero-order valence-corrected chi connectivity index (χ0v) is 23.2. The molecule has 0 saturated heterocycles. The average Bonchev–Trinajstić information content (AvgIpc) is 3.47. The largest absolute Gasteiger partial charge is 0.453 e. The molecule has 38 heavy (non-hydrogen) atoms. The zero-order valence-electron chi connectivity index (χ0n) is 23.2. The lowest BCUT2D eigenvalue weighted by Crippen LogP contribution is -2.46. The fraction of sp³-hybridized carbons (Fsp3) is 0.294. The van der Waals surface area contributed by atoms with Gasteiger partial charge >= 0.3 is 0 Å². The minimum atomic E-state index is -0.179. The van der Waals surface area contributed by atoms with Crippen LogP contribution in [0.1, 0.15) is 65.4 Å². The van der Waals surface area contributed by atoms with Gasteiger partial charge in [-0.05, 0) is 52.9 Å². The smallest absolute Gasteiger partial charge is 0.163 e. The van der Waals surface area contributed by atoms with Crippen LogP contribution in [0.15, 0.2) is 77.3 Å². The molecule has 1 aliphatic heterocycles. The molecule has 0 saturated carbocycles. The van der Waals surface area contributed by atoms with Crippen molar-refractivity contribution in [3.8, 4) is 16.9 Å². The van der Waals surface area contributed by atoms with E-state index in [0.29, 0.717) is 0 Å². The molecule has 0 bridgehead atoms. The third-order valence-corrected chi connectivity index (χ3v) is 9.13. The Morgan fingerprint density at radius 1 is 0.789 bits per heavy atom. The molecule has 0 aliphatic carbocycles. The molecule has 0 N–H and O–H groups in total. The van der Waals surface area contributed by atoms with Crippen molar-refractivity contribution in [1.82, 2.24) is 14.5 Å². The summed E-state index contributed by atoms with van der Waals surface area (Å²) in [5.74, 6) is 1.07. The molecule has 0 spiro atoms. The lowest BCUT2D eigenvalue weighted by molar-refractivity contribution is 0.272. The highest BCUT2D eigenvalue weighted by atomic mass is 16.3. The summed E-state index contributed by atoms with van der Waals surface area (Å²) in [6.07, 6.45) is 1.90. The van der Waals surface area contributed by atoms with E-state index in [9.17, 15) is 0 Å². The number of furan rings is 1. The monoisotopic (exact) mass is 499 g/mol. The van der Waals surface area contributed by atoms with E-state index >= 15 is 0 Å². The first-order chi connectivity index (χ1) is 18.0. The van der Waals surface area contributed by atoms with Crippen LogP contribution in [0, 0.1) is 0 Å². The first kappa shape index (κ1) is 23.2. The van der Waals surface area contributed by atoms with E-state index in [1.807, 2.05) is 6.20 Å². The van der Waals surface area contributed by atoms with Crippen LogP contribution in [0.3, 0.4) is 0 Å². The Labute approximate surface area is 223 Å². The lowest BCUT2D eigenvalue weighted by atomic mass is 9.61. The van der Waals surface area contributed by atoms with Crippen molar-refractivity contribution < 1.29 is 4.42 Å². The van der Waals surface area contributed by atoms with Gasteiger partial charge in [0, 0.05) is 33.4 Å². The van der Waals surface area contributed by atoms with Crippen LogP contribution in [-0.2, 0) is 16.2 Å². The molecule has 190 valence electrons. The Bertz CT molecular complexity index is 1910. The summed E-state index contributed by atoms with van der Waals surface area (Å²) < 4.78 is 9.09. The summed E-state index contributed by atoms with van der Waals surface area (Å²) in [5, 5.41) is 2.18. The highest BCUT2D eigenvalue weighted by Crippen LogP contribution is 2.51. The van der Waals surface area contributed by atoms with Crippen molar-refractivity contribution in [2.75, 3.05) is 0 Å². The van der Waals surface area contributed by atoms with Gasteiger partial charge in [-0.2, -0.15) is 0 Å². The van der Waals surface area contributed by atoms with Gasteiger partial charge in [-0.25, -0.2) is 4.98 Å². The van der Waals surface area contributed by atoms with E-state index in [0.717, 1.165) is 50.1 Å². The Morgan fingerprint density at radius 3 is 2.34 bits per heavy atom. The van der Waals surface area contributed by atoms with Crippen LogP contribution in [0.2, 0.25) is 0 Å². The second-order valence-corrected chi connectivity index (χ2v) is 12.8. The number of benzene rings is 3. The summed E-state index contributed by atoms with van der Waals surface area (Å²) in [6.45, 7) is 16.0. The molecule has 0 radical (unpaired) electrons. The van der Waals surface area contributed by atoms with Gasteiger partial charge < -0.3 is 4.42 Å². The number of rotatable bonds is 1. The summed E-state index contributed by atoms with van der Waals surface area (Å²) in [7, 11) is 0. The van der Waals surface area contributed by atoms with Crippen molar-refractivity contribution in [1.29, 1.82) is 0 Å². The van der Waals surface area contributed by atoms with Gasteiger partial charge in [0.25, 0.3) is 0 Å². The highest BCUT2D eigenvalue weighted by molar-refractivity contribution is 6.16. The van der Waals surface area contributed by atoms with Crippen LogP contribution in [-0.4, -0.2) is 14.5 Å². The number of para-hydroxylation sites is 2. The molecule has 0 fully saturated rings. The molecule has 4 heterocycles. The molecule has 4 heteroatoms. The van der Waals surface area contributed by atoms with E-state index in [4.69, 9.17) is 14.4 Å². The van der Waals surface area contributed by atoms with Gasteiger partial charge in [0.15, 0.2) is 5.58 Å². The van der Waals surface area contributed by atoms with Crippen molar-refractivity contribution in [3.05, 3.63) is 89.9 Å². The number of aromatic nitrogens is 3. The number of hydrogen-bond donors (Lipinski definition) is 0. The number of hydrogen-bond acceptors (Lipinski definition) is 3. The van der Waals surface area contributed by atoms with Crippen LogP contribution < -0.4 is 0 Å². The van der Waals surface area contributed by atoms with E-state index in [2.05, 4.69) is 120 Å². The van der Waals surface area contributed by atoms with Crippen LogP contribution in [0.25, 0.3) is 49.9 Å². The molecule has 0 atom stereocenters. The van der Waals surface area contributed by atoms with Crippen molar-refractivity contribution in [3.63, 3.8) is 0 Å². The first-order valence-corrected chi connectivity index (χ1v) is 13.4. The number of imidazole rings is 1. The Morgan fingerprint density at radius 2 is 1.55 bits per heavy atom. The summed E-state index contributed by atoms with van der Waals surface area (Å²) in [4.78, 5) is 10.1. The van der Waals surface area contributed by atoms with Gasteiger partial charge in [0.05, 0.1) is 16.9 Å². The second-order valence-electron chi connectivity index (χ2n) is 12.8. The lowest BCUT2D eigenvalue weighted by Gasteiger charge is -2.46. The van der Waals surface area contributed by atoms with Crippen LogP contribution >= 0.6 is 0 Å². The van der Waals surface area contributed by atoms with Gasteiger partial charge in [0.2, 0.25) is 0 Å². The zero-order chi connectivity index (χ0) is 26.6. The third kappa shape index (κ3) is 2.92. The topological polar surface area (TPSA) is 43.9 Å². The maximum absolute atomic E-state index is 6.75. The minimum absolute atomic E-state index is 0.0397. The Balaban J connectivity index is 1.54. The second kappa shape index (κ2) is 7.35. The molecule has 7 rings (SSSR count). The molecular weight excluding hydrogens is 466 g/mol. The predicted octanol–water partition coefficient (Wildman–Crippen LogP) is 8.85. The quantitative estimate of drug-likeness (QED) is 0.227. The average molecular weight is 500 g/mol. The molecule has 0 unspecified atom stereocenters. The van der Waals surface area contributed by atoms with Crippen LogP contribution in [0.4, 0.5) is 0 Å². The van der Waals surface area contributed by atoms with Crippen molar-refractivity contribution in [2.24, 2.45) is 0 Å². The van der Waals surface area contributed by atoms with E-state index in [1.165, 1.54) is 16.8 Å². The fourth-order valence-electron chi connectivity index (χ4n) is 6.12. The van der Waals surface area contributed by atoms with E-state index in [1.54, 1.807) is 0 Å². The maximum Gasteiger partial charge on any atom is 0.163 e. The molecule has 0 amide bonds. The molecule has 3 aromatic heterocycles. The number of pyridine rings is 1. The van der Waals surface area contributed by atoms with Crippen molar-refractivity contribution in [2.45, 2.75) is 64.7 Å². The van der Waals surface area contributed by atoms with Gasteiger partial charge in [-0.1, -0.05) is 78.8 Å². The van der Waals surface area contributed by atoms with Gasteiger partial charge in [-0.15, -0.1) is 0 Å². The van der Waals surface area contributed by atoms with Gasteiger partial charge in [-0.3, -0.25) is 9.55 Å². The summed E-state index contributed by atoms with van der Waals surface area (Å²) in [5.41, 5.74) is 9.21. The Kier molecular flexibility index (Phi) is 4.49.